The van der Waals surface area contributed by atoms with Crippen LogP contribution in [0.2, 0.25) is 0 Å². The molecule has 1 aliphatic rings. The lowest BCUT2D eigenvalue weighted by atomic mass is 9.83. The van der Waals surface area contributed by atoms with E-state index in [-0.39, 0.29) is 17.5 Å². The number of benzene rings is 1. The van der Waals surface area contributed by atoms with E-state index in [1.807, 2.05) is 24.3 Å². The summed E-state index contributed by atoms with van der Waals surface area (Å²) < 4.78 is 40.7. The van der Waals surface area contributed by atoms with Crippen molar-refractivity contribution < 1.29 is 18.0 Å². The van der Waals surface area contributed by atoms with E-state index in [1.54, 1.807) is 6.07 Å². The maximum absolute atomic E-state index is 13.3. The van der Waals surface area contributed by atoms with Crippen LogP contribution in [0.25, 0.3) is 0 Å². The summed E-state index contributed by atoms with van der Waals surface area (Å²) in [6.45, 7) is 2.28. The number of hydrogen-bond acceptors (Lipinski definition) is 2. The molecule has 1 atom stereocenters. The molecule has 0 bridgehead atoms. The van der Waals surface area contributed by atoms with Crippen LogP contribution in [0, 0.1) is 5.92 Å². The van der Waals surface area contributed by atoms with Crippen molar-refractivity contribution in [1.29, 1.82) is 0 Å². The first-order chi connectivity index (χ1) is 12.6. The molecule has 0 aliphatic heterocycles. The van der Waals surface area contributed by atoms with Crippen LogP contribution in [-0.4, -0.2) is 17.1 Å². The second kappa shape index (κ2) is 7.26. The van der Waals surface area contributed by atoms with Gasteiger partial charge in [-0.25, -0.2) is 0 Å². The number of carbonyl (C=O) groups is 1. The van der Waals surface area contributed by atoms with Crippen molar-refractivity contribution in [3.8, 4) is 0 Å². The minimum atomic E-state index is -4.37. The molecule has 27 heavy (non-hydrogen) atoms. The first-order valence-corrected chi connectivity index (χ1v) is 9.49. The Morgan fingerprint density at radius 1 is 1.15 bits per heavy atom. The molecule has 0 spiro atoms. The Morgan fingerprint density at radius 3 is 2.44 bits per heavy atom. The number of pyridine rings is 1. The van der Waals surface area contributed by atoms with Gasteiger partial charge >= 0.3 is 6.18 Å². The standard InChI is InChI=1S/C20H20BrF3N2O/c1-19(2,20(22,23)24)17-10-4-12-11-13(3-9-16(12)26-17)18(27)25-15-7-5-14(21)6-8-15/h4-8,10,13H,3,9,11H2,1-2H3,(H,25,27). The molecule has 1 heterocycles. The lowest BCUT2D eigenvalue weighted by Crippen LogP contribution is -2.38. The molecule has 0 fully saturated rings. The maximum atomic E-state index is 13.3. The van der Waals surface area contributed by atoms with Crippen LogP contribution in [0.5, 0.6) is 0 Å². The predicted molar refractivity (Wildman–Crippen MR) is 102 cm³/mol. The van der Waals surface area contributed by atoms with Gasteiger partial charge in [0, 0.05) is 21.8 Å². The number of carbonyl (C=O) groups excluding carboxylic acids is 1. The first-order valence-electron chi connectivity index (χ1n) is 8.70. The Hall–Kier alpha value is -1.89. The second-order valence-electron chi connectivity index (χ2n) is 7.36. The fourth-order valence-electron chi connectivity index (χ4n) is 3.11. The van der Waals surface area contributed by atoms with Gasteiger partial charge in [0.05, 0.1) is 5.69 Å². The molecule has 1 aromatic carbocycles. The zero-order chi connectivity index (χ0) is 19.8. The van der Waals surface area contributed by atoms with E-state index in [0.29, 0.717) is 25.0 Å². The molecule has 0 saturated heterocycles. The average molecular weight is 441 g/mol. The largest absolute Gasteiger partial charge is 0.399 e. The van der Waals surface area contributed by atoms with Crippen LogP contribution in [0.15, 0.2) is 40.9 Å². The van der Waals surface area contributed by atoms with Gasteiger partial charge in [0.1, 0.15) is 5.41 Å². The normalized spacial score (nSPS) is 17.3. The Kier molecular flexibility index (Phi) is 5.34. The number of hydrogen-bond donors (Lipinski definition) is 1. The molecular formula is C20H20BrF3N2O. The van der Waals surface area contributed by atoms with Crippen molar-refractivity contribution in [3.63, 3.8) is 0 Å². The maximum Gasteiger partial charge on any atom is 0.399 e. The lowest BCUT2D eigenvalue weighted by Gasteiger charge is -2.29. The summed E-state index contributed by atoms with van der Waals surface area (Å²) in [5.74, 6) is -0.299. The first kappa shape index (κ1) is 19.9. The van der Waals surface area contributed by atoms with Crippen LogP contribution in [0.3, 0.4) is 0 Å². The van der Waals surface area contributed by atoms with Gasteiger partial charge in [-0.05, 0) is 69.0 Å². The minimum absolute atomic E-state index is 0.0199. The Bertz CT molecular complexity index is 847. The van der Waals surface area contributed by atoms with Crippen LogP contribution in [-0.2, 0) is 23.1 Å². The number of fused-ring (bicyclic) bond motifs is 1. The molecule has 2 aromatic rings. The lowest BCUT2D eigenvalue weighted by molar-refractivity contribution is -0.181. The van der Waals surface area contributed by atoms with Crippen LogP contribution in [0.1, 0.15) is 37.2 Å². The third kappa shape index (κ3) is 4.18. The summed E-state index contributed by atoms with van der Waals surface area (Å²) in [4.78, 5) is 16.8. The van der Waals surface area contributed by atoms with Crippen LogP contribution < -0.4 is 5.32 Å². The SMILES string of the molecule is CC(C)(c1ccc2c(n1)CCC(C(=O)Nc1ccc(Br)cc1)C2)C(F)(F)F. The molecule has 1 aromatic heterocycles. The van der Waals surface area contributed by atoms with E-state index >= 15 is 0 Å². The third-order valence-corrected chi connectivity index (χ3v) is 5.62. The smallest absolute Gasteiger partial charge is 0.326 e. The molecule has 1 unspecified atom stereocenters. The van der Waals surface area contributed by atoms with Gasteiger partial charge in [-0.3, -0.25) is 9.78 Å². The van der Waals surface area contributed by atoms with E-state index in [9.17, 15) is 18.0 Å². The fourth-order valence-corrected chi connectivity index (χ4v) is 3.37. The number of amides is 1. The van der Waals surface area contributed by atoms with Gasteiger partial charge in [0.15, 0.2) is 0 Å². The van der Waals surface area contributed by atoms with E-state index in [1.165, 1.54) is 6.07 Å². The molecule has 3 nitrogen and oxygen atoms in total. The van der Waals surface area contributed by atoms with Gasteiger partial charge in [-0.15, -0.1) is 0 Å². The van der Waals surface area contributed by atoms with Crippen molar-refractivity contribution in [2.75, 3.05) is 5.32 Å². The molecule has 144 valence electrons. The number of anilines is 1. The van der Waals surface area contributed by atoms with E-state index < -0.39 is 11.6 Å². The summed E-state index contributed by atoms with van der Waals surface area (Å²) in [7, 11) is 0. The second-order valence-corrected chi connectivity index (χ2v) is 8.28. The molecule has 0 radical (unpaired) electrons. The van der Waals surface area contributed by atoms with Crippen molar-refractivity contribution in [1.82, 2.24) is 4.98 Å². The minimum Gasteiger partial charge on any atom is -0.326 e. The molecule has 3 rings (SSSR count). The van der Waals surface area contributed by atoms with Crippen LogP contribution in [0.4, 0.5) is 18.9 Å². The molecule has 1 aliphatic carbocycles. The van der Waals surface area contributed by atoms with Crippen molar-refractivity contribution >= 4 is 27.5 Å². The third-order valence-electron chi connectivity index (χ3n) is 5.10. The monoisotopic (exact) mass is 440 g/mol. The summed E-state index contributed by atoms with van der Waals surface area (Å²) in [5, 5.41) is 2.90. The summed E-state index contributed by atoms with van der Waals surface area (Å²) in [5.41, 5.74) is 0.245. The quantitative estimate of drug-likeness (QED) is 0.691. The predicted octanol–water partition coefficient (Wildman–Crippen LogP) is 5.43. The number of aromatic nitrogens is 1. The van der Waals surface area contributed by atoms with Crippen molar-refractivity contribution in [3.05, 3.63) is 57.8 Å². The van der Waals surface area contributed by atoms with Crippen molar-refractivity contribution in [2.45, 2.75) is 44.7 Å². The van der Waals surface area contributed by atoms with Gasteiger partial charge in [0.25, 0.3) is 0 Å². The average Bonchev–Trinajstić information content (AvgIpc) is 2.61. The summed E-state index contributed by atoms with van der Waals surface area (Å²) in [6, 6.07) is 10.4. The molecule has 7 heteroatoms. The zero-order valence-electron chi connectivity index (χ0n) is 15.0. The topological polar surface area (TPSA) is 42.0 Å². The Balaban J connectivity index is 1.73. The zero-order valence-corrected chi connectivity index (χ0v) is 16.6. The highest BCUT2D eigenvalue weighted by Crippen LogP contribution is 2.40. The highest BCUT2D eigenvalue weighted by molar-refractivity contribution is 9.10. The van der Waals surface area contributed by atoms with Gasteiger partial charge in [-0.1, -0.05) is 22.0 Å². The highest BCUT2D eigenvalue weighted by atomic mass is 79.9. The molecule has 1 N–H and O–H groups in total. The summed E-state index contributed by atoms with van der Waals surface area (Å²) >= 11 is 3.35. The Labute approximate surface area is 164 Å². The van der Waals surface area contributed by atoms with E-state index in [2.05, 4.69) is 26.2 Å². The van der Waals surface area contributed by atoms with E-state index in [0.717, 1.165) is 29.6 Å². The molecule has 1 amide bonds. The highest BCUT2D eigenvalue weighted by Gasteiger charge is 2.49. The van der Waals surface area contributed by atoms with Crippen LogP contribution >= 0.6 is 15.9 Å². The van der Waals surface area contributed by atoms with E-state index in [4.69, 9.17) is 0 Å². The fraction of sp³-hybridized carbons (Fsp3) is 0.400. The number of nitrogens with zero attached hydrogens (tertiary/aromatic N) is 1. The summed E-state index contributed by atoms with van der Waals surface area (Å²) in [6.07, 6.45) is -2.82. The number of aryl methyl sites for hydroxylation is 1. The van der Waals surface area contributed by atoms with Gasteiger partial charge in [-0.2, -0.15) is 13.2 Å². The number of rotatable bonds is 3. The van der Waals surface area contributed by atoms with Crippen molar-refractivity contribution in [2.24, 2.45) is 5.92 Å². The molecule has 0 saturated carbocycles. The number of halogens is 4. The van der Waals surface area contributed by atoms with Gasteiger partial charge < -0.3 is 5.32 Å². The molecular weight excluding hydrogens is 421 g/mol. The number of nitrogens with one attached hydrogen (secondary N) is 1. The number of alkyl halides is 3. The van der Waals surface area contributed by atoms with Gasteiger partial charge in [0.2, 0.25) is 5.91 Å². The Morgan fingerprint density at radius 2 is 1.81 bits per heavy atom.